The summed E-state index contributed by atoms with van der Waals surface area (Å²) in [4.78, 5) is 0. The van der Waals surface area contributed by atoms with Gasteiger partial charge in [-0.2, -0.15) is 13.2 Å². The molecule has 1 aromatic heterocycles. The molecule has 2 aromatic carbocycles. The summed E-state index contributed by atoms with van der Waals surface area (Å²) in [7, 11) is 2.89. The molecule has 9 heteroatoms. The third kappa shape index (κ3) is 4.82. The lowest BCUT2D eigenvalue weighted by Gasteiger charge is -2.17. The van der Waals surface area contributed by atoms with Crippen LogP contribution in [0.2, 0.25) is 0 Å². The van der Waals surface area contributed by atoms with Crippen LogP contribution in [0, 0.1) is 11.2 Å². The van der Waals surface area contributed by atoms with Crippen LogP contribution in [-0.4, -0.2) is 24.7 Å². The van der Waals surface area contributed by atoms with E-state index in [1.165, 1.54) is 20.3 Å². The first-order valence-electron chi connectivity index (χ1n) is 9.18. The predicted octanol–water partition coefficient (Wildman–Crippen LogP) is 4.63. The molecular weight excluding hydrogens is 416 g/mol. The van der Waals surface area contributed by atoms with Crippen LogP contribution in [0.1, 0.15) is 17.7 Å². The van der Waals surface area contributed by atoms with E-state index in [1.807, 2.05) is 0 Å². The van der Waals surface area contributed by atoms with Crippen molar-refractivity contribution in [2.45, 2.75) is 19.1 Å². The maximum atomic E-state index is 13.6. The number of hydrogen-bond donors (Lipinski definition) is 1. The minimum absolute atomic E-state index is 0.0182. The molecule has 0 unspecified atom stereocenters. The minimum Gasteiger partial charge on any atom is -0.859 e. The summed E-state index contributed by atoms with van der Waals surface area (Å²) in [6.07, 6.45) is -3.57. The van der Waals surface area contributed by atoms with Crippen LogP contribution in [0.4, 0.5) is 17.6 Å². The van der Waals surface area contributed by atoms with E-state index in [2.05, 4.69) is 0 Å². The van der Waals surface area contributed by atoms with Gasteiger partial charge in [-0.05, 0) is 65.9 Å². The normalized spacial score (nSPS) is 12.3. The summed E-state index contributed by atoms with van der Waals surface area (Å²) < 4.78 is 65.7. The Balaban J connectivity index is 2.02. The highest BCUT2D eigenvalue weighted by molar-refractivity contribution is 5.90. The summed E-state index contributed by atoms with van der Waals surface area (Å²) in [6.45, 7) is -0.141. The lowest BCUT2D eigenvalue weighted by Crippen LogP contribution is -2.15. The number of nitrogens with zero attached hydrogens (tertiary/aromatic N) is 1. The van der Waals surface area contributed by atoms with Crippen LogP contribution in [0.25, 0.3) is 16.5 Å². The zero-order valence-electron chi connectivity index (χ0n) is 16.7. The molecule has 164 valence electrons. The van der Waals surface area contributed by atoms with Crippen LogP contribution in [0.15, 0.2) is 48.5 Å². The zero-order valence-corrected chi connectivity index (χ0v) is 16.7. The van der Waals surface area contributed by atoms with Crippen LogP contribution in [0.3, 0.4) is 0 Å². The largest absolute Gasteiger partial charge is 0.859 e. The first-order chi connectivity index (χ1) is 14.6. The van der Waals surface area contributed by atoms with Gasteiger partial charge in [0.1, 0.15) is 11.5 Å². The number of fused-ring (bicyclic) bond motifs is 1. The molecule has 5 nitrogen and oxygen atoms in total. The molecule has 0 saturated heterocycles. The molecule has 0 aliphatic carbocycles. The lowest BCUT2D eigenvalue weighted by atomic mass is 10.0. The van der Waals surface area contributed by atoms with E-state index < -0.39 is 23.6 Å². The highest BCUT2D eigenvalue weighted by Gasteiger charge is 2.35. The number of methoxy groups -OCH3 is 2. The number of hydrogen-bond acceptors (Lipinski definition) is 4. The van der Waals surface area contributed by atoms with E-state index in [0.717, 1.165) is 28.8 Å². The van der Waals surface area contributed by atoms with Gasteiger partial charge in [-0.3, -0.25) is 0 Å². The fourth-order valence-electron chi connectivity index (χ4n) is 3.44. The zero-order chi connectivity index (χ0) is 22.8. The third-order valence-corrected chi connectivity index (χ3v) is 4.82. The molecule has 0 radical (unpaired) electrons. The summed E-state index contributed by atoms with van der Waals surface area (Å²) in [6, 6.07) is 9.14. The van der Waals surface area contributed by atoms with Crippen molar-refractivity contribution in [3.63, 3.8) is 0 Å². The monoisotopic (exact) mass is 435 g/mol. The second-order valence-electron chi connectivity index (χ2n) is 6.74. The summed E-state index contributed by atoms with van der Waals surface area (Å²) in [5.41, 5.74) is 0.168. The van der Waals surface area contributed by atoms with Crippen molar-refractivity contribution >= 4 is 22.4 Å². The fourth-order valence-corrected chi connectivity index (χ4v) is 3.44. The Hall–Kier alpha value is -3.49. The smallest absolute Gasteiger partial charge is 0.431 e. The number of aromatic nitrogens is 1. The highest BCUT2D eigenvalue weighted by Crippen LogP contribution is 2.36. The van der Waals surface area contributed by atoms with Gasteiger partial charge in [-0.15, -0.1) is 0 Å². The van der Waals surface area contributed by atoms with Gasteiger partial charge in [0.25, 0.3) is 0 Å². The van der Waals surface area contributed by atoms with Gasteiger partial charge in [0.05, 0.1) is 14.2 Å². The van der Waals surface area contributed by atoms with Gasteiger partial charge in [-0.1, -0.05) is 6.07 Å². The molecule has 1 N–H and O–H groups in total. The average molecular weight is 435 g/mol. The first kappa shape index (κ1) is 22.2. The standard InChI is InChI=1S/C22H20F4N2O3/c1-30-18-6-3-13(10-19(18)31-2)14(12-21(27)29)7-8-28-17-5-4-16(23)9-15(17)11-20(28)22(24,25)26/h3-6,9-12H,7-8H2,1-2H3,(H2,27,29)/p-1. The molecule has 0 spiro atoms. The molecule has 31 heavy (non-hydrogen) atoms. The number of allylic oxidation sites excluding steroid dienone is 1. The molecule has 0 saturated carbocycles. The number of aryl methyl sites for hydroxylation is 1. The Morgan fingerprint density at radius 3 is 2.39 bits per heavy atom. The van der Waals surface area contributed by atoms with Crippen LogP contribution >= 0.6 is 0 Å². The molecule has 0 amide bonds. The molecule has 0 aliphatic heterocycles. The minimum atomic E-state index is -4.64. The van der Waals surface area contributed by atoms with Crippen molar-refractivity contribution in [3.8, 4) is 11.5 Å². The van der Waals surface area contributed by atoms with Crippen LogP contribution in [0.5, 0.6) is 11.5 Å². The topological polar surface area (TPSA) is 70.3 Å². The number of rotatable bonds is 7. The first-order valence-corrected chi connectivity index (χ1v) is 9.18. The quantitative estimate of drug-likeness (QED) is 0.334. The van der Waals surface area contributed by atoms with Crippen molar-refractivity contribution < 1.29 is 32.1 Å². The van der Waals surface area contributed by atoms with Crippen molar-refractivity contribution in [1.29, 1.82) is 5.41 Å². The van der Waals surface area contributed by atoms with E-state index in [1.54, 1.807) is 18.2 Å². The van der Waals surface area contributed by atoms with Gasteiger partial charge in [0, 0.05) is 17.4 Å². The molecule has 0 aliphatic rings. The summed E-state index contributed by atoms with van der Waals surface area (Å²) in [5, 5.41) is 18.9. The van der Waals surface area contributed by atoms with E-state index >= 15 is 0 Å². The highest BCUT2D eigenvalue weighted by atomic mass is 19.4. The van der Waals surface area contributed by atoms with Gasteiger partial charge >= 0.3 is 6.18 Å². The summed E-state index contributed by atoms with van der Waals surface area (Å²) in [5.74, 6) is -0.800. The number of nitrogens with one attached hydrogen (secondary N) is 1. The summed E-state index contributed by atoms with van der Waals surface area (Å²) >= 11 is 0. The third-order valence-electron chi connectivity index (χ3n) is 4.82. The van der Waals surface area contributed by atoms with Gasteiger partial charge < -0.3 is 24.6 Å². The average Bonchev–Trinajstić information content (AvgIpc) is 3.08. The molecule has 3 aromatic rings. The van der Waals surface area contributed by atoms with Crippen molar-refractivity contribution in [2.75, 3.05) is 14.2 Å². The predicted molar refractivity (Wildman–Crippen MR) is 107 cm³/mol. The Kier molecular flexibility index (Phi) is 6.24. The lowest BCUT2D eigenvalue weighted by molar-refractivity contribution is -0.213. The van der Waals surface area contributed by atoms with Gasteiger partial charge in [0.2, 0.25) is 0 Å². The molecule has 0 atom stereocenters. The Morgan fingerprint density at radius 2 is 1.77 bits per heavy atom. The van der Waals surface area contributed by atoms with E-state index in [9.17, 15) is 22.7 Å². The fraction of sp³-hybridized carbons (Fsp3) is 0.227. The SMILES string of the molecule is COc1ccc(C(=CC(=N)[O-])CCn2c(C(F)(F)F)cc3cc(F)ccc32)cc1OC. The number of alkyl halides is 3. The van der Waals surface area contributed by atoms with Crippen LogP contribution in [-0.2, 0) is 12.7 Å². The molecule has 0 bridgehead atoms. The Labute approximate surface area is 175 Å². The Bertz CT molecular complexity index is 1150. The van der Waals surface area contributed by atoms with Gasteiger partial charge in [0.15, 0.2) is 11.5 Å². The number of ether oxygens (including phenoxy) is 2. The van der Waals surface area contributed by atoms with Crippen molar-refractivity contribution in [2.24, 2.45) is 0 Å². The maximum Gasteiger partial charge on any atom is 0.431 e. The Morgan fingerprint density at radius 1 is 1.06 bits per heavy atom. The molecule has 3 rings (SSSR count). The molecule has 0 fully saturated rings. The number of halogens is 4. The van der Waals surface area contributed by atoms with Crippen molar-refractivity contribution in [3.05, 3.63) is 65.6 Å². The van der Waals surface area contributed by atoms with E-state index in [-0.39, 0.29) is 23.9 Å². The van der Waals surface area contributed by atoms with Gasteiger partial charge in [-0.25, -0.2) is 4.39 Å². The second-order valence-corrected chi connectivity index (χ2v) is 6.74. The molecular formula is C22H19F4N2O3-. The van der Waals surface area contributed by atoms with E-state index in [4.69, 9.17) is 14.9 Å². The maximum absolute atomic E-state index is 13.6. The van der Waals surface area contributed by atoms with Crippen molar-refractivity contribution in [1.82, 2.24) is 4.57 Å². The van der Waals surface area contributed by atoms with Crippen LogP contribution < -0.4 is 14.6 Å². The van der Waals surface area contributed by atoms with E-state index in [0.29, 0.717) is 22.6 Å². The second kappa shape index (κ2) is 8.71. The number of benzene rings is 2. The molecule has 1 heterocycles.